The molecule has 0 N–H and O–H groups in total. The van der Waals surface area contributed by atoms with Crippen molar-refractivity contribution in [3.05, 3.63) is 0 Å². The number of amides is 20. The van der Waals surface area contributed by atoms with Crippen LogP contribution in [-0.4, -0.2) is 282 Å². The number of carbonyl (C=O) groups excluding carboxylic acids is 10. The van der Waals surface area contributed by atoms with Crippen LogP contribution in [0.15, 0.2) is 0 Å². The van der Waals surface area contributed by atoms with Gasteiger partial charge in [-0.25, -0.2) is 47.9 Å². The first-order valence-electron chi connectivity index (χ1n) is 27.1. The molecule has 75 heavy (non-hydrogen) atoms. The number of hydrogen-bond acceptors (Lipinski definition) is 10. The van der Waals surface area contributed by atoms with Gasteiger partial charge in [-0.2, -0.15) is 0 Å². The maximum absolute atomic E-state index is 16.2. The molecule has 20 amide bonds. The third-order valence-corrected chi connectivity index (χ3v) is 24.8. The molecular formula is C45H50N20O10. The fraction of sp³-hybridized carbons (Fsp3) is 0.778. The Morgan fingerprint density at radius 1 is 0.160 bits per heavy atom. The van der Waals surface area contributed by atoms with E-state index in [9.17, 15) is 0 Å². The second-order valence-corrected chi connectivity index (χ2v) is 25.2. The molecule has 20 rings (SSSR count). The van der Waals surface area contributed by atoms with Crippen molar-refractivity contribution < 1.29 is 47.9 Å². The highest BCUT2D eigenvalue weighted by Crippen LogP contribution is 2.73. The van der Waals surface area contributed by atoms with E-state index < -0.39 is 117 Å². The first kappa shape index (κ1) is 39.2. The average Bonchev–Trinajstić information content (AvgIpc) is 3.57. The highest BCUT2D eigenvalue weighted by molar-refractivity contribution is 5.98. The van der Waals surface area contributed by atoms with Crippen LogP contribution < -0.4 is 0 Å². The third kappa shape index (κ3) is 2.77. The Hall–Kier alpha value is -7.30. The molecular weight excluding hydrogens is 981 g/mol. The predicted molar refractivity (Wildman–Crippen MR) is 236 cm³/mol. The summed E-state index contributed by atoms with van der Waals surface area (Å²) in [4.78, 5) is 195. The second-order valence-electron chi connectivity index (χ2n) is 25.2. The van der Waals surface area contributed by atoms with Crippen molar-refractivity contribution in [2.24, 2.45) is 0 Å². The smallest absolute Gasteiger partial charge is 0.279 e. The van der Waals surface area contributed by atoms with Gasteiger partial charge < -0.3 is 0 Å². The van der Waals surface area contributed by atoms with Gasteiger partial charge in [0, 0.05) is 0 Å². The summed E-state index contributed by atoms with van der Waals surface area (Å²) in [6.07, 6.45) is 5.09. The van der Waals surface area contributed by atoms with Crippen LogP contribution in [0.4, 0.5) is 47.9 Å². The Bertz CT molecular complexity index is 2390. The Morgan fingerprint density at radius 3 is 0.320 bits per heavy atom. The van der Waals surface area contributed by atoms with Crippen LogP contribution in [0, 0.1) is 0 Å². The maximum Gasteiger partial charge on any atom is 0.326 e. The molecule has 0 unspecified atom stereocenters. The molecule has 0 atom stereocenters. The fourth-order valence-corrected chi connectivity index (χ4v) is 23.0. The van der Waals surface area contributed by atoms with Crippen LogP contribution in [0.5, 0.6) is 0 Å². The zero-order chi connectivity index (χ0) is 50.0. The van der Waals surface area contributed by atoms with Crippen LogP contribution >= 0.6 is 0 Å². The van der Waals surface area contributed by atoms with Crippen molar-refractivity contribution >= 4 is 60.3 Å². The molecule has 390 valence electrons. The van der Waals surface area contributed by atoms with Gasteiger partial charge >= 0.3 is 60.3 Å². The average molecular weight is 1030 g/mol. The number of hydrogen-bond donors (Lipinski definition) is 0. The number of rotatable bonds is 0. The van der Waals surface area contributed by atoms with Gasteiger partial charge in [-0.05, 0) is 96.3 Å². The van der Waals surface area contributed by atoms with E-state index in [1.807, 2.05) is 0 Å². The van der Waals surface area contributed by atoms with Crippen molar-refractivity contribution in [2.45, 2.75) is 153 Å². The Morgan fingerprint density at radius 2 is 0.240 bits per heavy atom. The van der Waals surface area contributed by atoms with Gasteiger partial charge in [0.05, 0.1) is 0 Å². The number of nitrogens with zero attached hydrogens (tertiary/aromatic N) is 20. The molecule has 15 saturated heterocycles. The van der Waals surface area contributed by atoms with Gasteiger partial charge in [0.2, 0.25) is 0 Å². The van der Waals surface area contributed by atoms with Gasteiger partial charge in [-0.1, -0.05) is 0 Å². The van der Waals surface area contributed by atoms with E-state index in [1.165, 1.54) is 0 Å². The van der Waals surface area contributed by atoms with Crippen LogP contribution in [0.1, 0.15) is 96.3 Å². The van der Waals surface area contributed by atoms with Gasteiger partial charge in [-0.3, -0.25) is 98.0 Å². The molecule has 0 aromatic heterocycles. The summed E-state index contributed by atoms with van der Waals surface area (Å²) >= 11 is 0. The molecule has 0 aromatic carbocycles. The fourth-order valence-electron chi connectivity index (χ4n) is 23.0. The van der Waals surface area contributed by atoms with Crippen molar-refractivity contribution in [1.29, 1.82) is 0 Å². The molecule has 5 aliphatic carbocycles. The van der Waals surface area contributed by atoms with Crippen molar-refractivity contribution in [1.82, 2.24) is 98.0 Å². The van der Waals surface area contributed by atoms with Gasteiger partial charge in [0.25, 0.3) is 0 Å². The molecule has 20 fully saturated rings. The molecule has 15 heterocycles. The molecule has 10 spiro atoms. The van der Waals surface area contributed by atoms with Gasteiger partial charge in [-0.15, -0.1) is 0 Å². The summed E-state index contributed by atoms with van der Waals surface area (Å²) in [6, 6.07) is -5.12. The highest BCUT2D eigenvalue weighted by Gasteiger charge is 2.93. The minimum absolute atomic E-state index is 0.258. The van der Waals surface area contributed by atoms with E-state index in [0.717, 1.165) is 0 Å². The summed E-state index contributed by atoms with van der Waals surface area (Å²) in [7, 11) is 0. The largest absolute Gasteiger partial charge is 0.326 e. The van der Waals surface area contributed by atoms with E-state index in [0.29, 0.717) is 32.1 Å². The number of carbonyl (C=O) groups is 10. The minimum atomic E-state index is -1.51. The first-order chi connectivity index (χ1) is 36.2. The third-order valence-electron chi connectivity index (χ3n) is 24.8. The minimum Gasteiger partial charge on any atom is -0.279 e. The lowest BCUT2D eigenvalue weighted by Gasteiger charge is -2.54. The van der Waals surface area contributed by atoms with E-state index in [1.54, 1.807) is 98.0 Å². The van der Waals surface area contributed by atoms with Crippen molar-refractivity contribution in [2.75, 3.05) is 66.7 Å². The van der Waals surface area contributed by atoms with Gasteiger partial charge in [0.1, 0.15) is 66.7 Å². The summed E-state index contributed by atoms with van der Waals surface area (Å²) in [6.45, 7) is -3.37. The van der Waals surface area contributed by atoms with E-state index in [2.05, 4.69) is 0 Å². The number of urea groups is 10. The monoisotopic (exact) mass is 1030 g/mol. The SMILES string of the molecule is O=C1N2CN3C(=O)N4CN5C(=O)N6CN7C(=O)N8CN9C(=O)N%10CN1C1%11CCCC21N1CN2C(=O)N(CN%12C(=O)N(CN%13C(=O)N(CN%14C(=O)N(CN%11C1=O)C%101CCCC9%141)C81CCCC7%131)C61CCCC5%121)C41CCCC321. The van der Waals surface area contributed by atoms with Crippen LogP contribution in [0.3, 0.4) is 0 Å². The standard InChI is InChI=1S/C45H50N20O10/c66-26-46-16-50-28(68)54-20-58-32(72)62-24-64-34(74)60-22-56-30(70)52-18-48(26)37-7-1-6-36(37,46)47-17-51-29(69)55(40(54)10-2-8-38(40,50)51)21-59-33(73)63(44(62)14-4-12-42(44,58)59)25-65-35(75)61(43(60)13-5-15-45(43,64)65)23-57-31(71)53(19-49(37)27(47)67)39(52)9-3-11-41(39,56)57/h1-25H2. The van der Waals surface area contributed by atoms with Crippen LogP contribution in [-0.2, 0) is 0 Å². The zero-order valence-corrected chi connectivity index (χ0v) is 40.7. The lowest BCUT2D eigenvalue weighted by Crippen LogP contribution is -2.75. The lowest BCUT2D eigenvalue weighted by atomic mass is 9.91. The molecule has 20 aliphatic rings. The molecule has 0 bridgehead atoms. The van der Waals surface area contributed by atoms with E-state index in [-0.39, 0.29) is 131 Å². The molecule has 30 heteroatoms. The molecule has 30 nitrogen and oxygen atoms in total. The second kappa shape index (κ2) is 10.2. The van der Waals surface area contributed by atoms with Crippen LogP contribution in [0.25, 0.3) is 0 Å². The summed E-state index contributed by atoms with van der Waals surface area (Å²) in [5, 5.41) is 0. The van der Waals surface area contributed by atoms with Crippen molar-refractivity contribution in [3.63, 3.8) is 0 Å². The molecule has 0 radical (unpaired) electrons. The summed E-state index contributed by atoms with van der Waals surface area (Å²) in [5.74, 6) is 0. The highest BCUT2D eigenvalue weighted by atomic mass is 16.3. The van der Waals surface area contributed by atoms with Crippen LogP contribution in [0.2, 0.25) is 0 Å². The topological polar surface area (TPSA) is 236 Å². The summed E-state index contributed by atoms with van der Waals surface area (Å²) < 4.78 is 0. The Balaban J connectivity index is 0.895. The Kier molecular flexibility index (Phi) is 5.35. The maximum atomic E-state index is 16.2. The molecule has 0 aromatic rings. The van der Waals surface area contributed by atoms with E-state index in [4.69, 9.17) is 0 Å². The molecule has 15 aliphatic heterocycles. The first-order valence-corrected chi connectivity index (χ1v) is 27.1. The lowest BCUT2D eigenvalue weighted by molar-refractivity contribution is -0.154. The van der Waals surface area contributed by atoms with Crippen molar-refractivity contribution in [3.8, 4) is 0 Å². The zero-order valence-electron chi connectivity index (χ0n) is 40.7. The van der Waals surface area contributed by atoms with Gasteiger partial charge in [0.15, 0.2) is 56.6 Å². The quantitative estimate of drug-likeness (QED) is 0.313. The normalized spacial score (nSPS) is 48.3. The molecule has 5 saturated carbocycles. The van der Waals surface area contributed by atoms with E-state index >= 15 is 47.9 Å². The predicted octanol–water partition coefficient (Wildman–Crippen LogP) is -0.0985. The Labute approximate surface area is 424 Å². The summed E-state index contributed by atoms with van der Waals surface area (Å²) in [5.41, 5.74) is -15.1.